The van der Waals surface area contributed by atoms with Crippen molar-refractivity contribution in [2.24, 2.45) is 4.99 Å². The zero-order valence-corrected chi connectivity index (χ0v) is 10.7. The fraction of sp³-hybridized carbons (Fsp3) is 0. The van der Waals surface area contributed by atoms with Crippen molar-refractivity contribution in [3.05, 3.63) is 77.0 Å². The van der Waals surface area contributed by atoms with E-state index in [1.54, 1.807) is 24.3 Å². The molecule has 1 aliphatic rings. The Morgan fingerprint density at radius 3 is 2.52 bits per heavy atom. The second kappa shape index (κ2) is 5.28. The van der Waals surface area contributed by atoms with Crippen LogP contribution in [0.3, 0.4) is 0 Å². The van der Waals surface area contributed by atoms with Crippen LogP contribution in [0.4, 0.5) is 8.78 Å². The molecule has 1 aliphatic heterocycles. The third kappa shape index (κ3) is 2.72. The Morgan fingerprint density at radius 2 is 1.81 bits per heavy atom. The zero-order chi connectivity index (χ0) is 14.8. The fourth-order valence-electron chi connectivity index (χ4n) is 1.88. The molecule has 2 aromatic carbocycles. The van der Waals surface area contributed by atoms with Crippen LogP contribution in [0.15, 0.2) is 59.2 Å². The van der Waals surface area contributed by atoms with E-state index < -0.39 is 17.6 Å². The molecule has 0 aromatic heterocycles. The van der Waals surface area contributed by atoms with E-state index in [1.165, 1.54) is 12.1 Å². The van der Waals surface area contributed by atoms with Crippen molar-refractivity contribution in [1.29, 1.82) is 0 Å². The summed E-state index contributed by atoms with van der Waals surface area (Å²) in [5, 5.41) is 0. The topological polar surface area (TPSA) is 38.7 Å². The molecule has 0 unspecified atom stereocenters. The van der Waals surface area contributed by atoms with Crippen LogP contribution in [0.5, 0.6) is 0 Å². The molecule has 5 heteroatoms. The smallest absolute Gasteiger partial charge is 0.363 e. The first-order valence-corrected chi connectivity index (χ1v) is 6.16. The van der Waals surface area contributed by atoms with E-state index in [2.05, 4.69) is 4.99 Å². The Bertz CT molecular complexity index is 767. The molecule has 1 heterocycles. The van der Waals surface area contributed by atoms with Gasteiger partial charge in [0.2, 0.25) is 5.90 Å². The second-order valence-corrected chi connectivity index (χ2v) is 4.37. The fourth-order valence-corrected chi connectivity index (χ4v) is 1.88. The molecule has 0 amide bonds. The number of nitrogens with zero attached hydrogens (tertiary/aromatic N) is 1. The number of carbonyl (C=O) groups is 1. The predicted molar refractivity (Wildman–Crippen MR) is 73.4 cm³/mol. The molecule has 0 spiro atoms. The van der Waals surface area contributed by atoms with Crippen LogP contribution in [-0.2, 0) is 9.53 Å². The molecule has 0 atom stereocenters. The molecule has 3 rings (SSSR count). The molecule has 3 nitrogen and oxygen atoms in total. The summed E-state index contributed by atoms with van der Waals surface area (Å²) in [5.41, 5.74) is 0.689. The summed E-state index contributed by atoms with van der Waals surface area (Å²) in [6.45, 7) is 0. The van der Waals surface area contributed by atoms with Gasteiger partial charge in [0.25, 0.3) is 0 Å². The van der Waals surface area contributed by atoms with E-state index in [0.717, 1.165) is 12.1 Å². The van der Waals surface area contributed by atoms with Gasteiger partial charge in [-0.3, -0.25) is 0 Å². The summed E-state index contributed by atoms with van der Waals surface area (Å²) in [7, 11) is 0. The van der Waals surface area contributed by atoms with Crippen LogP contribution < -0.4 is 0 Å². The number of benzene rings is 2. The third-order valence-corrected chi connectivity index (χ3v) is 2.90. The number of carbonyl (C=O) groups excluding carboxylic acids is 1. The Balaban J connectivity index is 1.97. The minimum absolute atomic E-state index is 0.0284. The number of hydrogen-bond donors (Lipinski definition) is 0. The van der Waals surface area contributed by atoms with Gasteiger partial charge >= 0.3 is 5.97 Å². The molecule has 0 saturated heterocycles. The van der Waals surface area contributed by atoms with Crippen molar-refractivity contribution < 1.29 is 18.3 Å². The van der Waals surface area contributed by atoms with E-state index in [9.17, 15) is 13.6 Å². The first kappa shape index (κ1) is 13.2. The molecule has 21 heavy (non-hydrogen) atoms. The van der Waals surface area contributed by atoms with Gasteiger partial charge in [-0.15, -0.1) is 0 Å². The highest BCUT2D eigenvalue weighted by Crippen LogP contribution is 2.20. The summed E-state index contributed by atoms with van der Waals surface area (Å²) in [4.78, 5) is 15.8. The van der Waals surface area contributed by atoms with Gasteiger partial charge in [-0.1, -0.05) is 18.2 Å². The number of ether oxygens (including phenoxy) is 1. The van der Waals surface area contributed by atoms with Crippen molar-refractivity contribution >= 4 is 17.9 Å². The lowest BCUT2D eigenvalue weighted by atomic mass is 10.2. The second-order valence-electron chi connectivity index (χ2n) is 4.37. The van der Waals surface area contributed by atoms with Gasteiger partial charge in [-0.2, -0.15) is 0 Å². The van der Waals surface area contributed by atoms with Crippen LogP contribution in [0.25, 0.3) is 6.08 Å². The van der Waals surface area contributed by atoms with E-state index in [4.69, 9.17) is 4.74 Å². The van der Waals surface area contributed by atoms with Gasteiger partial charge in [0, 0.05) is 17.2 Å². The van der Waals surface area contributed by atoms with E-state index in [-0.39, 0.29) is 17.2 Å². The largest absolute Gasteiger partial charge is 0.402 e. The summed E-state index contributed by atoms with van der Waals surface area (Å²) in [5.74, 6) is -1.96. The molecule has 0 saturated carbocycles. The van der Waals surface area contributed by atoms with E-state index in [0.29, 0.717) is 5.56 Å². The number of aliphatic imine (C=N–C) groups is 1. The van der Waals surface area contributed by atoms with E-state index in [1.807, 2.05) is 6.07 Å². The summed E-state index contributed by atoms with van der Waals surface area (Å²) < 4.78 is 31.4. The monoisotopic (exact) mass is 285 g/mol. The first-order chi connectivity index (χ1) is 10.1. The van der Waals surface area contributed by atoms with Crippen LogP contribution >= 0.6 is 0 Å². The molecular formula is C16H9F2NO2. The Hall–Kier alpha value is -2.82. The first-order valence-electron chi connectivity index (χ1n) is 6.16. The van der Waals surface area contributed by atoms with Crippen molar-refractivity contribution in [3.63, 3.8) is 0 Å². The molecule has 0 aliphatic carbocycles. The minimum atomic E-state index is -0.765. The lowest BCUT2D eigenvalue weighted by molar-refractivity contribution is -0.129. The molecule has 0 N–H and O–H groups in total. The summed E-state index contributed by atoms with van der Waals surface area (Å²) in [6.07, 6.45) is 1.23. The van der Waals surface area contributed by atoms with Gasteiger partial charge in [-0.05, 0) is 30.3 Å². The molecule has 104 valence electrons. The van der Waals surface area contributed by atoms with Gasteiger partial charge < -0.3 is 4.74 Å². The maximum absolute atomic E-state index is 13.6. The highest BCUT2D eigenvalue weighted by Gasteiger charge is 2.24. The standard InChI is InChI=1S/C16H9F2NO2/c17-12-7-6-11(13(18)9-12)8-14-16(20)21-15(19-14)10-4-2-1-3-5-10/h1-9H/b14-8-. The maximum Gasteiger partial charge on any atom is 0.363 e. The number of rotatable bonds is 2. The van der Waals surface area contributed by atoms with Crippen LogP contribution in [0, 0.1) is 11.6 Å². The van der Waals surface area contributed by atoms with E-state index >= 15 is 0 Å². The van der Waals surface area contributed by atoms with Crippen molar-refractivity contribution in [2.45, 2.75) is 0 Å². The van der Waals surface area contributed by atoms with Crippen LogP contribution in [-0.4, -0.2) is 11.9 Å². The van der Waals surface area contributed by atoms with Gasteiger partial charge in [0.1, 0.15) is 11.6 Å². The number of esters is 1. The number of hydrogen-bond acceptors (Lipinski definition) is 3. The average molecular weight is 285 g/mol. The lowest BCUT2D eigenvalue weighted by Crippen LogP contribution is -2.05. The zero-order valence-electron chi connectivity index (χ0n) is 10.7. The predicted octanol–water partition coefficient (Wildman–Crippen LogP) is 3.31. The van der Waals surface area contributed by atoms with Crippen molar-refractivity contribution in [1.82, 2.24) is 0 Å². The number of halogens is 2. The van der Waals surface area contributed by atoms with Gasteiger partial charge in [0.15, 0.2) is 5.70 Å². The average Bonchev–Trinajstić information content (AvgIpc) is 2.84. The number of cyclic esters (lactones) is 1. The molecule has 0 radical (unpaired) electrons. The molecule has 2 aromatic rings. The third-order valence-electron chi connectivity index (χ3n) is 2.90. The Morgan fingerprint density at radius 1 is 1.05 bits per heavy atom. The van der Waals surface area contributed by atoms with Gasteiger partial charge in [0.05, 0.1) is 0 Å². The highest BCUT2D eigenvalue weighted by atomic mass is 19.1. The lowest BCUT2D eigenvalue weighted by Gasteiger charge is -1.97. The maximum atomic E-state index is 13.6. The van der Waals surface area contributed by atoms with Crippen molar-refractivity contribution in [3.8, 4) is 0 Å². The highest BCUT2D eigenvalue weighted by molar-refractivity contribution is 6.12. The summed E-state index contributed by atoms with van der Waals surface area (Å²) in [6, 6.07) is 12.0. The molecule has 0 bridgehead atoms. The van der Waals surface area contributed by atoms with Crippen LogP contribution in [0.1, 0.15) is 11.1 Å². The van der Waals surface area contributed by atoms with Crippen LogP contribution in [0.2, 0.25) is 0 Å². The van der Waals surface area contributed by atoms with Crippen molar-refractivity contribution in [2.75, 3.05) is 0 Å². The quantitative estimate of drug-likeness (QED) is 0.627. The Kier molecular flexibility index (Phi) is 3.31. The molecular weight excluding hydrogens is 276 g/mol. The SMILES string of the molecule is O=C1OC(c2ccccc2)=N/C1=C\c1ccc(F)cc1F. The van der Waals surface area contributed by atoms with Gasteiger partial charge in [-0.25, -0.2) is 18.6 Å². The normalized spacial score (nSPS) is 16.0. The minimum Gasteiger partial charge on any atom is -0.402 e. The molecule has 0 fully saturated rings. The Labute approximate surface area is 119 Å². The summed E-state index contributed by atoms with van der Waals surface area (Å²) >= 11 is 0.